The van der Waals surface area contributed by atoms with Crippen molar-refractivity contribution in [3.63, 3.8) is 0 Å². The smallest absolute Gasteiger partial charge is 0.335 e. The van der Waals surface area contributed by atoms with Crippen molar-refractivity contribution in [2.24, 2.45) is 5.92 Å². The number of carboxylic acid groups (broad SMARTS) is 1. The summed E-state index contributed by atoms with van der Waals surface area (Å²) in [5.41, 5.74) is 5.03. The average molecular weight is 516 g/mol. The number of carboxylic acids is 1. The molecule has 6 nitrogen and oxygen atoms in total. The number of piperazine rings is 1. The van der Waals surface area contributed by atoms with E-state index >= 15 is 0 Å². The molecule has 1 saturated heterocycles. The predicted molar refractivity (Wildman–Crippen MR) is 153 cm³/mol. The summed E-state index contributed by atoms with van der Waals surface area (Å²) >= 11 is 0. The monoisotopic (exact) mass is 515 g/mol. The minimum absolute atomic E-state index is 0.0889. The highest BCUT2D eigenvalue weighted by atomic mass is 16.4. The Morgan fingerprint density at radius 1 is 1.11 bits per heavy atom. The molecule has 2 aliphatic heterocycles. The molecule has 1 amide bonds. The minimum Gasteiger partial charge on any atom is -0.478 e. The second kappa shape index (κ2) is 11.3. The highest BCUT2D eigenvalue weighted by Gasteiger charge is 2.34. The quantitative estimate of drug-likeness (QED) is 0.495. The zero-order valence-electron chi connectivity index (χ0n) is 23.0. The molecule has 38 heavy (non-hydrogen) atoms. The van der Waals surface area contributed by atoms with Crippen molar-refractivity contribution in [1.82, 2.24) is 14.4 Å². The van der Waals surface area contributed by atoms with Crippen LogP contribution < -0.4 is 0 Å². The fraction of sp³-hybridized carbons (Fsp3) is 0.500. The first kappa shape index (κ1) is 26.5. The van der Waals surface area contributed by atoms with Gasteiger partial charge in [-0.15, -0.1) is 0 Å². The van der Waals surface area contributed by atoms with E-state index < -0.39 is 5.97 Å². The molecular weight excluding hydrogens is 474 g/mol. The maximum atomic E-state index is 14.0. The lowest BCUT2D eigenvalue weighted by atomic mass is 9.84. The number of hydrogen-bond acceptors (Lipinski definition) is 3. The van der Waals surface area contributed by atoms with Gasteiger partial charge < -0.3 is 19.5 Å². The first-order valence-corrected chi connectivity index (χ1v) is 14.3. The van der Waals surface area contributed by atoms with Crippen LogP contribution in [0.2, 0.25) is 0 Å². The SMILES string of the molecule is CCCCC(CC)c1c2n(c3cc(C(=O)O)ccc13)CC(C(=O)N1CCN(C)CC1)CC1=CC2C=CC=C1. The van der Waals surface area contributed by atoms with E-state index in [2.05, 4.69) is 60.7 Å². The number of rotatable bonds is 7. The van der Waals surface area contributed by atoms with Gasteiger partial charge in [0.05, 0.1) is 11.5 Å². The zero-order chi connectivity index (χ0) is 26.8. The molecule has 202 valence electrons. The Kier molecular flexibility index (Phi) is 7.89. The average Bonchev–Trinajstić information content (AvgIpc) is 3.04. The number of unbranched alkanes of at least 4 members (excludes halogenated alkanes) is 1. The topological polar surface area (TPSA) is 65.8 Å². The number of allylic oxidation sites excluding steroid dienone is 6. The van der Waals surface area contributed by atoms with Crippen LogP contribution >= 0.6 is 0 Å². The predicted octanol–water partition coefficient (Wildman–Crippen LogP) is 5.95. The van der Waals surface area contributed by atoms with Crippen LogP contribution in [0.1, 0.15) is 79.4 Å². The third-order valence-electron chi connectivity index (χ3n) is 8.70. The molecule has 1 N–H and O–H groups in total. The van der Waals surface area contributed by atoms with Crippen molar-refractivity contribution in [1.29, 1.82) is 0 Å². The van der Waals surface area contributed by atoms with Gasteiger partial charge in [-0.2, -0.15) is 0 Å². The van der Waals surface area contributed by atoms with Crippen molar-refractivity contribution >= 4 is 22.8 Å². The van der Waals surface area contributed by atoms with Gasteiger partial charge in [-0.05, 0) is 49.9 Å². The third kappa shape index (κ3) is 5.11. The van der Waals surface area contributed by atoms with Crippen LogP contribution in [0.3, 0.4) is 0 Å². The number of benzene rings is 1. The van der Waals surface area contributed by atoms with E-state index in [9.17, 15) is 14.7 Å². The summed E-state index contributed by atoms with van der Waals surface area (Å²) in [6.07, 6.45) is 16.1. The van der Waals surface area contributed by atoms with Gasteiger partial charge in [-0.3, -0.25) is 4.79 Å². The largest absolute Gasteiger partial charge is 0.478 e. The van der Waals surface area contributed by atoms with Crippen molar-refractivity contribution in [3.05, 3.63) is 71.0 Å². The summed E-state index contributed by atoms with van der Waals surface area (Å²) in [5, 5.41) is 11.0. The summed E-state index contributed by atoms with van der Waals surface area (Å²) in [7, 11) is 2.11. The Bertz CT molecular complexity index is 1290. The second-order valence-corrected chi connectivity index (χ2v) is 11.2. The number of likely N-dealkylation sites (N-methyl/N-ethyl adjacent to an activating group) is 1. The highest BCUT2D eigenvalue weighted by molar-refractivity contribution is 5.96. The van der Waals surface area contributed by atoms with Crippen molar-refractivity contribution in [2.45, 2.75) is 64.3 Å². The van der Waals surface area contributed by atoms with Gasteiger partial charge in [0.25, 0.3) is 0 Å². The number of aromatic nitrogens is 1. The van der Waals surface area contributed by atoms with Gasteiger partial charge in [0.2, 0.25) is 5.91 Å². The minimum atomic E-state index is -0.918. The fourth-order valence-electron chi connectivity index (χ4n) is 6.55. The Labute approximate surface area is 226 Å². The van der Waals surface area contributed by atoms with E-state index in [4.69, 9.17) is 0 Å². The van der Waals surface area contributed by atoms with Crippen molar-refractivity contribution < 1.29 is 14.7 Å². The number of carbonyl (C=O) groups is 2. The van der Waals surface area contributed by atoms with E-state index in [0.717, 1.165) is 62.8 Å². The molecule has 3 aliphatic rings. The number of aromatic carboxylic acids is 1. The molecule has 3 atom stereocenters. The lowest BCUT2D eigenvalue weighted by molar-refractivity contribution is -0.137. The zero-order valence-corrected chi connectivity index (χ0v) is 23.0. The van der Waals surface area contributed by atoms with Crippen LogP contribution in [0, 0.1) is 5.92 Å². The molecule has 3 unspecified atom stereocenters. The number of hydrogen-bond donors (Lipinski definition) is 1. The van der Waals surface area contributed by atoms with E-state index in [1.165, 1.54) is 16.8 Å². The molecule has 6 heteroatoms. The van der Waals surface area contributed by atoms with Gasteiger partial charge in [-0.25, -0.2) is 4.79 Å². The maximum absolute atomic E-state index is 14.0. The van der Waals surface area contributed by atoms with Crippen molar-refractivity contribution in [3.8, 4) is 0 Å². The van der Waals surface area contributed by atoms with Gasteiger partial charge in [-0.1, -0.05) is 68.7 Å². The summed E-state index contributed by atoms with van der Waals surface area (Å²) in [4.78, 5) is 30.3. The molecule has 2 aromatic rings. The summed E-state index contributed by atoms with van der Waals surface area (Å²) in [5.74, 6) is -0.425. The molecule has 3 heterocycles. The van der Waals surface area contributed by atoms with Crippen LogP contribution in [0.5, 0.6) is 0 Å². The highest BCUT2D eigenvalue weighted by Crippen LogP contribution is 2.43. The molecule has 1 aromatic carbocycles. The van der Waals surface area contributed by atoms with E-state index in [1.54, 1.807) is 6.07 Å². The molecule has 0 spiro atoms. The van der Waals surface area contributed by atoms with Gasteiger partial charge >= 0.3 is 5.97 Å². The van der Waals surface area contributed by atoms with Gasteiger partial charge in [0.15, 0.2) is 0 Å². The van der Waals surface area contributed by atoms with Gasteiger partial charge in [0, 0.05) is 55.2 Å². The molecule has 5 rings (SSSR count). The molecule has 2 bridgehead atoms. The van der Waals surface area contributed by atoms with Crippen LogP contribution in [0.15, 0.2) is 54.2 Å². The van der Waals surface area contributed by atoms with Crippen LogP contribution in [-0.2, 0) is 11.3 Å². The number of fused-ring (bicyclic) bond motifs is 5. The Morgan fingerprint density at radius 3 is 2.61 bits per heavy atom. The lowest BCUT2D eigenvalue weighted by Crippen LogP contribution is -2.49. The molecule has 0 radical (unpaired) electrons. The van der Waals surface area contributed by atoms with E-state index in [1.807, 2.05) is 17.0 Å². The normalized spacial score (nSPS) is 22.4. The first-order valence-electron chi connectivity index (χ1n) is 14.3. The Hall–Kier alpha value is -3.12. The molecular formula is C32H41N3O3. The summed E-state index contributed by atoms with van der Waals surface area (Å²) in [6.45, 7) is 8.37. The van der Waals surface area contributed by atoms with Crippen molar-refractivity contribution in [2.75, 3.05) is 33.2 Å². The summed E-state index contributed by atoms with van der Waals surface area (Å²) < 4.78 is 2.32. The maximum Gasteiger partial charge on any atom is 0.335 e. The van der Waals surface area contributed by atoms with Crippen LogP contribution in [0.25, 0.3) is 10.9 Å². The van der Waals surface area contributed by atoms with Gasteiger partial charge in [0.1, 0.15) is 0 Å². The molecule has 1 fully saturated rings. The van der Waals surface area contributed by atoms with Crippen LogP contribution in [0.4, 0.5) is 0 Å². The standard InChI is InChI=1S/C32H41N3O3/c1-4-6-10-23(5-2)29-27-13-12-25(32(37)38)20-28(27)35-21-26(31(36)34-16-14-33(3)15-17-34)19-22-9-7-8-11-24(18-22)30(29)35/h7-9,11-13,18,20,23-24,26H,4-6,10,14-17,19,21H2,1-3H3,(H,37,38). The molecule has 0 saturated carbocycles. The lowest BCUT2D eigenvalue weighted by Gasteiger charge is -2.35. The van der Waals surface area contributed by atoms with E-state index in [0.29, 0.717) is 24.4 Å². The van der Waals surface area contributed by atoms with Crippen LogP contribution in [-0.4, -0.2) is 64.6 Å². The summed E-state index contributed by atoms with van der Waals surface area (Å²) in [6, 6.07) is 5.59. The molecule has 1 aliphatic carbocycles. The Morgan fingerprint density at radius 2 is 1.89 bits per heavy atom. The molecule has 1 aromatic heterocycles. The van der Waals surface area contributed by atoms with E-state index in [-0.39, 0.29) is 17.7 Å². The second-order valence-electron chi connectivity index (χ2n) is 11.2. The number of nitrogens with zero attached hydrogens (tertiary/aromatic N) is 3. The number of carbonyl (C=O) groups excluding carboxylic acids is 1. The number of amides is 1. The Balaban J connectivity index is 1.69. The first-order chi connectivity index (χ1) is 18.4. The fourth-order valence-corrected chi connectivity index (χ4v) is 6.55. The third-order valence-corrected chi connectivity index (χ3v) is 8.70.